The standard InChI is InChI=1S/C21H18N4O.C9H8N4O/c1-3-18-15-24-12-11-17(10-9-16-13-22-23(2)14-16)20(24)21(26)25(18)19-7-5-4-6-8-19;10-8-6(9(11)14)7-5(4-13-8)2-1-3-12-7/h4-8,11-15H,3H2,1-2H3;1-4H,(H2,10,13)(H2,11,14). The van der Waals surface area contributed by atoms with Crippen LogP contribution in [0.2, 0.25) is 0 Å². The molecule has 0 aliphatic carbocycles. The van der Waals surface area contributed by atoms with E-state index >= 15 is 0 Å². The van der Waals surface area contributed by atoms with Gasteiger partial charge in [-0.05, 0) is 36.8 Å². The lowest BCUT2D eigenvalue weighted by Gasteiger charge is -2.13. The first-order valence-corrected chi connectivity index (χ1v) is 12.5. The number of rotatable bonds is 3. The summed E-state index contributed by atoms with van der Waals surface area (Å²) in [7, 11) is 1.85. The van der Waals surface area contributed by atoms with Crippen LogP contribution in [0.5, 0.6) is 0 Å². The molecule has 0 saturated carbocycles. The zero-order chi connectivity index (χ0) is 28.2. The first kappa shape index (κ1) is 25.9. The number of para-hydroxylation sites is 1. The molecule has 40 heavy (non-hydrogen) atoms. The number of hydrogen-bond acceptors (Lipinski definition) is 6. The van der Waals surface area contributed by atoms with Gasteiger partial charge in [-0.3, -0.25) is 23.8 Å². The van der Waals surface area contributed by atoms with E-state index in [9.17, 15) is 9.59 Å². The molecule has 198 valence electrons. The minimum absolute atomic E-state index is 0.0592. The van der Waals surface area contributed by atoms with Crippen molar-refractivity contribution in [1.29, 1.82) is 0 Å². The minimum Gasteiger partial charge on any atom is -0.383 e. The maximum absolute atomic E-state index is 13.3. The Kier molecular flexibility index (Phi) is 7.11. The van der Waals surface area contributed by atoms with Crippen LogP contribution in [-0.2, 0) is 13.5 Å². The molecule has 6 aromatic rings. The van der Waals surface area contributed by atoms with Gasteiger partial charge in [-0.2, -0.15) is 5.10 Å². The number of amides is 1. The van der Waals surface area contributed by atoms with E-state index in [0.29, 0.717) is 16.6 Å². The van der Waals surface area contributed by atoms with E-state index in [4.69, 9.17) is 11.5 Å². The molecule has 0 spiro atoms. The summed E-state index contributed by atoms with van der Waals surface area (Å²) in [6, 6.07) is 15.1. The Balaban J connectivity index is 0.000000194. The number of nitrogen functional groups attached to an aromatic ring is 1. The Bertz CT molecular complexity index is 1970. The Hall–Kier alpha value is -5.69. The highest BCUT2D eigenvalue weighted by Crippen LogP contribution is 2.19. The van der Waals surface area contributed by atoms with Crippen LogP contribution in [0.4, 0.5) is 5.82 Å². The fourth-order valence-corrected chi connectivity index (χ4v) is 4.37. The molecule has 1 aromatic carbocycles. The van der Waals surface area contributed by atoms with Gasteiger partial charge in [0.1, 0.15) is 16.9 Å². The highest BCUT2D eigenvalue weighted by molar-refractivity contribution is 6.08. The maximum atomic E-state index is 13.3. The average Bonchev–Trinajstić information content (AvgIpc) is 3.57. The fourth-order valence-electron chi connectivity index (χ4n) is 4.37. The number of anilines is 1. The lowest BCUT2D eigenvalue weighted by Crippen LogP contribution is -2.24. The van der Waals surface area contributed by atoms with Crippen molar-refractivity contribution in [3.05, 3.63) is 118 Å². The van der Waals surface area contributed by atoms with Crippen molar-refractivity contribution in [3.8, 4) is 17.5 Å². The van der Waals surface area contributed by atoms with Crippen LogP contribution in [0, 0.1) is 11.8 Å². The number of benzene rings is 1. The zero-order valence-corrected chi connectivity index (χ0v) is 21.9. The Morgan fingerprint density at radius 2 is 1.80 bits per heavy atom. The van der Waals surface area contributed by atoms with E-state index in [2.05, 4.69) is 26.9 Å². The molecular formula is C30H26N8O2. The van der Waals surface area contributed by atoms with Gasteiger partial charge in [-0.1, -0.05) is 37.0 Å². The van der Waals surface area contributed by atoms with Crippen LogP contribution < -0.4 is 17.0 Å². The SMILES string of the molecule is CCc1cn2ccc(C#Cc3cnn(C)c3)c2c(=O)n1-c1ccccc1.NC(=O)c1c(N)ncc2cccnc12. The van der Waals surface area contributed by atoms with E-state index in [-0.39, 0.29) is 16.9 Å². The number of aryl methyl sites for hydroxylation is 2. The number of carbonyl (C=O) groups is 1. The van der Waals surface area contributed by atoms with Gasteiger partial charge >= 0.3 is 0 Å². The minimum atomic E-state index is -0.612. The number of hydrogen-bond donors (Lipinski definition) is 2. The summed E-state index contributed by atoms with van der Waals surface area (Å²) < 4.78 is 5.34. The van der Waals surface area contributed by atoms with Gasteiger partial charge < -0.3 is 15.9 Å². The summed E-state index contributed by atoms with van der Waals surface area (Å²) in [4.78, 5) is 32.3. The third kappa shape index (κ3) is 5.04. The van der Waals surface area contributed by atoms with Crippen molar-refractivity contribution in [1.82, 2.24) is 28.7 Å². The number of primary amides is 1. The van der Waals surface area contributed by atoms with Crippen LogP contribution in [-0.4, -0.2) is 34.6 Å². The van der Waals surface area contributed by atoms with Crippen molar-refractivity contribution < 1.29 is 4.79 Å². The number of nitrogens with two attached hydrogens (primary N) is 2. The van der Waals surface area contributed by atoms with Crippen LogP contribution in [0.3, 0.4) is 0 Å². The first-order chi connectivity index (χ1) is 19.4. The molecule has 10 nitrogen and oxygen atoms in total. The second-order valence-corrected chi connectivity index (χ2v) is 8.91. The predicted molar refractivity (Wildman–Crippen MR) is 154 cm³/mol. The van der Waals surface area contributed by atoms with Gasteiger partial charge in [-0.15, -0.1) is 0 Å². The van der Waals surface area contributed by atoms with E-state index < -0.39 is 5.91 Å². The second kappa shape index (κ2) is 11.0. The van der Waals surface area contributed by atoms with Gasteiger partial charge in [0, 0.05) is 54.8 Å². The average molecular weight is 531 g/mol. The van der Waals surface area contributed by atoms with Gasteiger partial charge in [0.15, 0.2) is 0 Å². The number of nitrogens with zero attached hydrogens (tertiary/aromatic N) is 6. The highest BCUT2D eigenvalue weighted by atomic mass is 16.1. The topological polar surface area (TPSA) is 139 Å². The van der Waals surface area contributed by atoms with Crippen molar-refractivity contribution in [2.75, 3.05) is 5.73 Å². The summed E-state index contributed by atoms with van der Waals surface area (Å²) in [6.07, 6.45) is 11.3. The second-order valence-electron chi connectivity index (χ2n) is 8.91. The van der Waals surface area contributed by atoms with Gasteiger partial charge in [0.05, 0.1) is 22.8 Å². The molecule has 5 heterocycles. The number of aromatic nitrogens is 6. The summed E-state index contributed by atoms with van der Waals surface area (Å²) in [5, 5.41) is 4.86. The molecule has 0 bridgehead atoms. The number of fused-ring (bicyclic) bond motifs is 2. The summed E-state index contributed by atoms with van der Waals surface area (Å²) in [5.41, 5.74) is 15.3. The van der Waals surface area contributed by atoms with Crippen LogP contribution in [0.1, 0.15) is 34.1 Å². The molecule has 5 aromatic heterocycles. The molecule has 4 N–H and O–H groups in total. The largest absolute Gasteiger partial charge is 0.383 e. The van der Waals surface area contributed by atoms with Crippen molar-refractivity contribution in [3.63, 3.8) is 0 Å². The molecule has 10 heteroatoms. The fraction of sp³-hybridized carbons (Fsp3) is 0.100. The third-order valence-electron chi connectivity index (χ3n) is 6.24. The number of pyridine rings is 2. The molecular weight excluding hydrogens is 504 g/mol. The molecule has 0 radical (unpaired) electrons. The lowest BCUT2D eigenvalue weighted by atomic mass is 10.1. The zero-order valence-electron chi connectivity index (χ0n) is 21.9. The van der Waals surface area contributed by atoms with E-state index in [0.717, 1.165) is 28.8 Å². The monoisotopic (exact) mass is 530 g/mol. The molecule has 0 unspecified atom stereocenters. The molecule has 1 amide bonds. The summed E-state index contributed by atoms with van der Waals surface area (Å²) in [6.45, 7) is 2.05. The molecule has 6 rings (SSSR count). The van der Waals surface area contributed by atoms with Crippen LogP contribution in [0.25, 0.3) is 22.1 Å². The first-order valence-electron chi connectivity index (χ1n) is 12.5. The normalized spacial score (nSPS) is 10.6. The molecule has 0 aliphatic heterocycles. The Labute approximate surface area is 229 Å². The number of carbonyl (C=O) groups excluding carboxylic acids is 1. The smallest absolute Gasteiger partial charge is 0.280 e. The van der Waals surface area contributed by atoms with Gasteiger partial charge in [0.25, 0.3) is 11.5 Å². The van der Waals surface area contributed by atoms with Crippen molar-refractivity contribution in [2.24, 2.45) is 12.8 Å². The Morgan fingerprint density at radius 1 is 1.00 bits per heavy atom. The maximum Gasteiger partial charge on any atom is 0.280 e. The summed E-state index contributed by atoms with van der Waals surface area (Å²) in [5.74, 6) is 5.70. The van der Waals surface area contributed by atoms with Crippen molar-refractivity contribution >= 4 is 28.1 Å². The summed E-state index contributed by atoms with van der Waals surface area (Å²) >= 11 is 0. The molecule has 0 atom stereocenters. The van der Waals surface area contributed by atoms with E-state index in [1.807, 2.05) is 73.4 Å². The Morgan fingerprint density at radius 3 is 2.50 bits per heavy atom. The predicted octanol–water partition coefficient (Wildman–Crippen LogP) is 3.10. The van der Waals surface area contributed by atoms with Crippen LogP contribution >= 0.6 is 0 Å². The van der Waals surface area contributed by atoms with Gasteiger partial charge in [-0.25, -0.2) is 4.98 Å². The third-order valence-corrected chi connectivity index (χ3v) is 6.24. The van der Waals surface area contributed by atoms with E-state index in [1.165, 1.54) is 0 Å². The van der Waals surface area contributed by atoms with Gasteiger partial charge in [0.2, 0.25) is 0 Å². The highest BCUT2D eigenvalue weighted by Gasteiger charge is 2.14. The molecule has 0 saturated heterocycles. The molecule has 0 fully saturated rings. The van der Waals surface area contributed by atoms with E-state index in [1.54, 1.807) is 40.0 Å². The molecule has 0 aliphatic rings. The lowest BCUT2D eigenvalue weighted by molar-refractivity contribution is 0.100. The van der Waals surface area contributed by atoms with Crippen molar-refractivity contribution in [2.45, 2.75) is 13.3 Å². The van der Waals surface area contributed by atoms with Crippen LogP contribution in [0.15, 0.2) is 90.5 Å². The quantitative estimate of drug-likeness (QED) is 0.337.